The molecule has 0 saturated heterocycles. The highest BCUT2D eigenvalue weighted by Gasteiger charge is 2.27. The molecule has 23 heavy (non-hydrogen) atoms. The number of fused-ring (bicyclic) bond motifs is 1. The van der Waals surface area contributed by atoms with Gasteiger partial charge in [0.1, 0.15) is 0 Å². The van der Waals surface area contributed by atoms with E-state index in [1.165, 1.54) is 12.1 Å². The summed E-state index contributed by atoms with van der Waals surface area (Å²) >= 11 is 0. The van der Waals surface area contributed by atoms with Gasteiger partial charge in [-0.1, -0.05) is 6.07 Å². The van der Waals surface area contributed by atoms with Crippen molar-refractivity contribution in [3.8, 4) is 0 Å². The minimum atomic E-state index is -1.10. The van der Waals surface area contributed by atoms with Crippen LogP contribution in [0.5, 0.6) is 0 Å². The predicted molar refractivity (Wildman–Crippen MR) is 87.3 cm³/mol. The normalized spacial score (nSPS) is 14.4. The van der Waals surface area contributed by atoms with Crippen molar-refractivity contribution in [2.45, 2.75) is 11.3 Å². The number of hydrogen-bond acceptors (Lipinski definition) is 4. The van der Waals surface area contributed by atoms with Gasteiger partial charge in [0.05, 0.1) is 10.6 Å². The van der Waals surface area contributed by atoms with Crippen LogP contribution >= 0.6 is 0 Å². The zero-order chi connectivity index (χ0) is 16.6. The molecular weight excluding hydrogens is 316 g/mol. The lowest BCUT2D eigenvalue weighted by atomic mass is 10.1. The Morgan fingerprint density at radius 1 is 1.22 bits per heavy atom. The van der Waals surface area contributed by atoms with Crippen molar-refractivity contribution in [2.24, 2.45) is 0 Å². The van der Waals surface area contributed by atoms with Gasteiger partial charge in [-0.3, -0.25) is 19.1 Å². The van der Waals surface area contributed by atoms with Gasteiger partial charge in [-0.25, -0.2) is 0 Å². The molecular formula is C16H14N2O4S. The van der Waals surface area contributed by atoms with Crippen molar-refractivity contribution >= 4 is 28.1 Å². The van der Waals surface area contributed by atoms with Crippen LogP contribution in [-0.2, 0) is 17.2 Å². The van der Waals surface area contributed by atoms with Gasteiger partial charge in [0.25, 0.3) is 11.6 Å². The predicted octanol–water partition coefficient (Wildman–Crippen LogP) is 2.54. The molecule has 3 rings (SSSR count). The Kier molecular flexibility index (Phi) is 3.96. The largest absolute Gasteiger partial charge is 0.308 e. The van der Waals surface area contributed by atoms with Gasteiger partial charge in [0.2, 0.25) is 0 Å². The van der Waals surface area contributed by atoms with Crippen LogP contribution in [0.1, 0.15) is 15.9 Å². The first kappa shape index (κ1) is 15.4. The fraction of sp³-hybridized carbons (Fsp3) is 0.188. The Hall–Kier alpha value is -2.54. The molecule has 0 aromatic heterocycles. The number of amides is 1. The highest BCUT2D eigenvalue weighted by Crippen LogP contribution is 2.32. The number of rotatable bonds is 3. The molecule has 1 aliphatic rings. The van der Waals surface area contributed by atoms with E-state index in [1.54, 1.807) is 41.5 Å². The molecule has 1 aliphatic heterocycles. The topological polar surface area (TPSA) is 80.5 Å². The van der Waals surface area contributed by atoms with Crippen molar-refractivity contribution in [2.75, 3.05) is 17.7 Å². The number of nitrogens with zero attached hydrogens (tertiary/aromatic N) is 2. The minimum absolute atomic E-state index is 0.0276. The molecule has 1 amide bonds. The Labute approximate surface area is 135 Å². The summed E-state index contributed by atoms with van der Waals surface area (Å²) in [7, 11) is -1.10. The molecule has 0 unspecified atom stereocenters. The molecule has 0 bridgehead atoms. The second-order valence-corrected chi connectivity index (χ2v) is 6.64. The molecule has 118 valence electrons. The fourth-order valence-electron chi connectivity index (χ4n) is 2.64. The molecule has 6 nitrogen and oxygen atoms in total. The Balaban J connectivity index is 1.92. The summed E-state index contributed by atoms with van der Waals surface area (Å²) in [6.45, 7) is 0.497. The minimum Gasteiger partial charge on any atom is -0.308 e. The molecule has 1 atom stereocenters. The first-order chi connectivity index (χ1) is 11.0. The molecule has 0 N–H and O–H groups in total. The van der Waals surface area contributed by atoms with E-state index in [0.29, 0.717) is 29.1 Å². The van der Waals surface area contributed by atoms with E-state index in [4.69, 9.17) is 0 Å². The number of nitro benzene ring substituents is 1. The van der Waals surface area contributed by atoms with Crippen molar-refractivity contribution in [3.05, 3.63) is 63.7 Å². The first-order valence-corrected chi connectivity index (χ1v) is 8.56. The average molecular weight is 330 g/mol. The first-order valence-electron chi connectivity index (χ1n) is 7.00. The van der Waals surface area contributed by atoms with Crippen LogP contribution < -0.4 is 4.90 Å². The summed E-state index contributed by atoms with van der Waals surface area (Å²) in [5, 5.41) is 10.9. The number of carbonyl (C=O) groups excluding carboxylic acids is 1. The van der Waals surface area contributed by atoms with Gasteiger partial charge in [0.15, 0.2) is 0 Å². The third-order valence-corrected chi connectivity index (χ3v) is 4.79. The van der Waals surface area contributed by atoms with Gasteiger partial charge >= 0.3 is 0 Å². The molecule has 1 heterocycles. The smallest absolute Gasteiger partial charge is 0.271 e. The van der Waals surface area contributed by atoms with Crippen molar-refractivity contribution in [3.63, 3.8) is 0 Å². The van der Waals surface area contributed by atoms with Gasteiger partial charge in [-0.05, 0) is 36.2 Å². The zero-order valence-corrected chi connectivity index (χ0v) is 13.2. The quantitative estimate of drug-likeness (QED) is 0.640. The van der Waals surface area contributed by atoms with Gasteiger partial charge in [0, 0.05) is 46.2 Å². The van der Waals surface area contributed by atoms with Crippen LogP contribution in [-0.4, -0.2) is 27.8 Å². The maximum atomic E-state index is 12.7. The monoisotopic (exact) mass is 330 g/mol. The van der Waals surface area contributed by atoms with Gasteiger partial charge in [-0.15, -0.1) is 0 Å². The van der Waals surface area contributed by atoms with Crippen molar-refractivity contribution in [1.82, 2.24) is 0 Å². The molecule has 0 fully saturated rings. The van der Waals surface area contributed by atoms with Crippen LogP contribution in [0.3, 0.4) is 0 Å². The van der Waals surface area contributed by atoms with Gasteiger partial charge in [-0.2, -0.15) is 0 Å². The van der Waals surface area contributed by atoms with Crippen LogP contribution in [0.15, 0.2) is 47.4 Å². The summed E-state index contributed by atoms with van der Waals surface area (Å²) in [4.78, 5) is 25.3. The molecule has 0 spiro atoms. The lowest BCUT2D eigenvalue weighted by molar-refractivity contribution is -0.384. The number of carbonyl (C=O) groups is 1. The second-order valence-electron chi connectivity index (χ2n) is 5.26. The maximum Gasteiger partial charge on any atom is 0.271 e. The van der Waals surface area contributed by atoms with Crippen LogP contribution in [0.2, 0.25) is 0 Å². The molecule has 2 aromatic rings. The molecule has 7 heteroatoms. The fourth-order valence-corrected chi connectivity index (χ4v) is 3.16. The standard InChI is InChI=1S/C16H14N2O4S/c1-23(22)14-6-3-12(4-7-14)16(19)17-9-8-11-2-5-13(18(20)21)10-15(11)17/h2-7,10H,8-9H2,1H3/t23-/m0/s1. The second kappa shape index (κ2) is 5.92. The highest BCUT2D eigenvalue weighted by molar-refractivity contribution is 7.84. The van der Waals surface area contributed by atoms with E-state index in [-0.39, 0.29) is 11.6 Å². The number of non-ortho nitro benzene ring substituents is 1. The van der Waals surface area contributed by atoms with Crippen LogP contribution in [0, 0.1) is 10.1 Å². The van der Waals surface area contributed by atoms with Crippen molar-refractivity contribution in [1.29, 1.82) is 0 Å². The number of anilines is 1. The van der Waals surface area contributed by atoms with E-state index < -0.39 is 15.7 Å². The summed E-state index contributed by atoms with van der Waals surface area (Å²) in [6, 6.07) is 11.2. The summed E-state index contributed by atoms with van der Waals surface area (Å²) in [5.74, 6) is -0.210. The third-order valence-electron chi connectivity index (χ3n) is 3.85. The number of hydrogen-bond donors (Lipinski definition) is 0. The van der Waals surface area contributed by atoms with E-state index in [1.807, 2.05) is 0 Å². The van der Waals surface area contributed by atoms with E-state index >= 15 is 0 Å². The highest BCUT2D eigenvalue weighted by atomic mass is 32.2. The maximum absolute atomic E-state index is 12.7. The average Bonchev–Trinajstić information content (AvgIpc) is 2.97. The van der Waals surface area contributed by atoms with E-state index in [2.05, 4.69) is 0 Å². The van der Waals surface area contributed by atoms with E-state index in [9.17, 15) is 19.1 Å². The van der Waals surface area contributed by atoms with Crippen LogP contribution in [0.4, 0.5) is 11.4 Å². The summed E-state index contributed by atoms with van der Waals surface area (Å²) < 4.78 is 11.4. The third kappa shape index (κ3) is 2.87. The van der Waals surface area contributed by atoms with Gasteiger partial charge < -0.3 is 4.90 Å². The Morgan fingerprint density at radius 2 is 1.91 bits per heavy atom. The zero-order valence-electron chi connectivity index (χ0n) is 12.4. The summed E-state index contributed by atoms with van der Waals surface area (Å²) in [5.41, 5.74) is 1.96. The Bertz CT molecular complexity index is 817. The molecule has 0 aliphatic carbocycles. The van der Waals surface area contributed by atoms with E-state index in [0.717, 1.165) is 5.56 Å². The molecule has 0 radical (unpaired) electrons. The SMILES string of the molecule is C[S@](=O)c1ccc(C(=O)N2CCc3ccc([N+](=O)[O-])cc32)cc1. The number of benzene rings is 2. The lowest BCUT2D eigenvalue weighted by Crippen LogP contribution is -2.28. The summed E-state index contributed by atoms with van der Waals surface area (Å²) in [6.07, 6.45) is 2.25. The lowest BCUT2D eigenvalue weighted by Gasteiger charge is -2.17. The van der Waals surface area contributed by atoms with Crippen LogP contribution in [0.25, 0.3) is 0 Å². The Morgan fingerprint density at radius 3 is 2.52 bits per heavy atom. The molecule has 0 saturated carbocycles. The molecule has 2 aromatic carbocycles. The van der Waals surface area contributed by atoms with Crippen molar-refractivity contribution < 1.29 is 13.9 Å². The number of nitro groups is 1.